The van der Waals surface area contributed by atoms with Crippen LogP contribution >= 0.6 is 0 Å². The number of rotatable bonds is 5. The zero-order chi connectivity index (χ0) is 13.6. The van der Waals surface area contributed by atoms with Gasteiger partial charge in [-0.1, -0.05) is 6.92 Å². The minimum absolute atomic E-state index is 0.240. The molecule has 0 bridgehead atoms. The summed E-state index contributed by atoms with van der Waals surface area (Å²) in [4.78, 5) is 33.6. The number of carboxylic acid groups (broad SMARTS) is 1. The molecule has 0 rings (SSSR count). The highest BCUT2D eigenvalue weighted by Crippen LogP contribution is 2.08. The van der Waals surface area contributed by atoms with Crippen molar-refractivity contribution in [2.45, 2.75) is 38.8 Å². The van der Waals surface area contributed by atoms with Crippen molar-refractivity contribution >= 4 is 17.9 Å². The quantitative estimate of drug-likeness (QED) is 0.532. The molecule has 0 aromatic heterocycles. The van der Waals surface area contributed by atoms with E-state index >= 15 is 0 Å². The van der Waals surface area contributed by atoms with Crippen LogP contribution in [0.3, 0.4) is 0 Å². The lowest BCUT2D eigenvalue weighted by molar-refractivity contribution is -0.143. The second-order valence-corrected chi connectivity index (χ2v) is 3.93. The SMILES string of the molecule is CCC(C)(NC(=O)NC(C)C(=O)NC)C(=O)O. The molecule has 4 N–H and O–H groups in total. The molecule has 0 fully saturated rings. The first-order valence-electron chi connectivity index (χ1n) is 5.30. The van der Waals surface area contributed by atoms with Gasteiger partial charge in [-0.3, -0.25) is 4.79 Å². The molecule has 0 aliphatic heterocycles. The molecule has 0 aromatic carbocycles. The van der Waals surface area contributed by atoms with Crippen molar-refractivity contribution in [3.63, 3.8) is 0 Å². The summed E-state index contributed by atoms with van der Waals surface area (Å²) < 4.78 is 0. The molecular formula is C10H19N3O4. The Morgan fingerprint density at radius 2 is 1.88 bits per heavy atom. The Labute approximate surface area is 100.0 Å². The lowest BCUT2D eigenvalue weighted by Crippen LogP contribution is -2.57. The largest absolute Gasteiger partial charge is 0.480 e. The Bertz CT molecular complexity index is 319. The zero-order valence-electron chi connectivity index (χ0n) is 10.5. The van der Waals surface area contributed by atoms with Crippen molar-refractivity contribution in [2.24, 2.45) is 0 Å². The highest BCUT2D eigenvalue weighted by atomic mass is 16.4. The van der Waals surface area contributed by atoms with Gasteiger partial charge in [-0.05, 0) is 20.3 Å². The first-order chi connectivity index (χ1) is 7.76. The molecule has 0 aromatic rings. The summed E-state index contributed by atoms with van der Waals surface area (Å²) in [5, 5.41) is 16.0. The number of carbonyl (C=O) groups is 3. The molecule has 0 aliphatic rings. The van der Waals surface area contributed by atoms with Crippen LogP contribution in [-0.2, 0) is 9.59 Å². The molecule has 0 spiro atoms. The summed E-state index contributed by atoms with van der Waals surface area (Å²) in [7, 11) is 1.45. The van der Waals surface area contributed by atoms with E-state index in [1.165, 1.54) is 20.9 Å². The van der Waals surface area contributed by atoms with Crippen molar-refractivity contribution in [3.8, 4) is 0 Å². The third-order valence-corrected chi connectivity index (χ3v) is 2.56. The fourth-order valence-electron chi connectivity index (χ4n) is 1.06. The van der Waals surface area contributed by atoms with E-state index in [0.717, 1.165) is 0 Å². The molecular weight excluding hydrogens is 226 g/mol. The zero-order valence-corrected chi connectivity index (χ0v) is 10.5. The van der Waals surface area contributed by atoms with Crippen LogP contribution in [0.15, 0.2) is 0 Å². The van der Waals surface area contributed by atoms with Gasteiger partial charge in [0.1, 0.15) is 11.6 Å². The fraction of sp³-hybridized carbons (Fsp3) is 0.700. The predicted molar refractivity (Wildman–Crippen MR) is 61.5 cm³/mol. The molecule has 17 heavy (non-hydrogen) atoms. The van der Waals surface area contributed by atoms with Crippen molar-refractivity contribution in [3.05, 3.63) is 0 Å². The lowest BCUT2D eigenvalue weighted by atomic mass is 10.00. The van der Waals surface area contributed by atoms with Gasteiger partial charge in [-0.15, -0.1) is 0 Å². The minimum atomic E-state index is -1.34. The van der Waals surface area contributed by atoms with E-state index in [2.05, 4.69) is 16.0 Å². The van der Waals surface area contributed by atoms with Crippen molar-refractivity contribution in [2.75, 3.05) is 7.05 Å². The van der Waals surface area contributed by atoms with Crippen molar-refractivity contribution in [1.29, 1.82) is 0 Å². The molecule has 2 unspecified atom stereocenters. The first kappa shape index (κ1) is 15.2. The van der Waals surface area contributed by atoms with E-state index < -0.39 is 23.6 Å². The molecule has 0 aliphatic carbocycles. The van der Waals surface area contributed by atoms with Gasteiger partial charge in [0.25, 0.3) is 0 Å². The number of likely N-dealkylation sites (N-methyl/N-ethyl adjacent to an activating group) is 1. The second-order valence-electron chi connectivity index (χ2n) is 3.93. The summed E-state index contributed by atoms with van der Waals surface area (Å²) in [5.74, 6) is -1.48. The number of urea groups is 1. The Balaban J connectivity index is 4.45. The van der Waals surface area contributed by atoms with Crippen LogP contribution in [0.1, 0.15) is 27.2 Å². The van der Waals surface area contributed by atoms with E-state index in [1.807, 2.05) is 0 Å². The maximum atomic E-state index is 11.5. The van der Waals surface area contributed by atoms with Gasteiger partial charge in [0, 0.05) is 7.05 Å². The molecule has 0 heterocycles. The topological polar surface area (TPSA) is 108 Å². The molecule has 0 saturated carbocycles. The Morgan fingerprint density at radius 3 is 2.24 bits per heavy atom. The lowest BCUT2D eigenvalue weighted by Gasteiger charge is -2.25. The highest BCUT2D eigenvalue weighted by Gasteiger charge is 2.33. The number of hydrogen-bond acceptors (Lipinski definition) is 3. The van der Waals surface area contributed by atoms with Crippen LogP contribution in [0.5, 0.6) is 0 Å². The monoisotopic (exact) mass is 245 g/mol. The van der Waals surface area contributed by atoms with E-state index in [-0.39, 0.29) is 12.3 Å². The molecule has 7 heteroatoms. The van der Waals surface area contributed by atoms with Gasteiger partial charge in [0.05, 0.1) is 0 Å². The summed E-state index contributed by atoms with van der Waals surface area (Å²) >= 11 is 0. The van der Waals surface area contributed by atoms with Gasteiger partial charge in [-0.2, -0.15) is 0 Å². The fourth-order valence-corrected chi connectivity index (χ4v) is 1.06. The summed E-state index contributed by atoms with van der Waals surface area (Å²) in [6.45, 7) is 4.55. The second kappa shape index (κ2) is 6.07. The molecule has 7 nitrogen and oxygen atoms in total. The van der Waals surface area contributed by atoms with Crippen molar-refractivity contribution in [1.82, 2.24) is 16.0 Å². The number of carboxylic acids is 1. The number of carbonyl (C=O) groups excluding carboxylic acids is 2. The van der Waals surface area contributed by atoms with Crippen LogP contribution < -0.4 is 16.0 Å². The van der Waals surface area contributed by atoms with E-state index in [0.29, 0.717) is 0 Å². The maximum Gasteiger partial charge on any atom is 0.329 e. The Hall–Kier alpha value is -1.79. The summed E-state index contributed by atoms with van der Waals surface area (Å²) in [6.07, 6.45) is 0.240. The van der Waals surface area contributed by atoms with Gasteiger partial charge < -0.3 is 21.1 Å². The number of aliphatic carboxylic acids is 1. The summed E-state index contributed by atoms with van der Waals surface area (Å²) in [5.41, 5.74) is -1.34. The predicted octanol–water partition coefficient (Wildman–Crippen LogP) is -0.327. The standard InChI is InChI=1S/C10H19N3O4/c1-5-10(3,8(15)16)13-9(17)12-6(2)7(14)11-4/h6H,5H2,1-4H3,(H,11,14)(H,15,16)(H2,12,13,17). The molecule has 0 saturated heterocycles. The van der Waals surface area contributed by atoms with Crippen LogP contribution in [0.4, 0.5) is 4.79 Å². The van der Waals surface area contributed by atoms with Gasteiger partial charge in [0.15, 0.2) is 0 Å². The number of nitrogens with one attached hydrogen (secondary N) is 3. The Morgan fingerprint density at radius 1 is 1.35 bits per heavy atom. The molecule has 0 radical (unpaired) electrons. The van der Waals surface area contributed by atoms with E-state index in [4.69, 9.17) is 5.11 Å². The maximum absolute atomic E-state index is 11.5. The van der Waals surface area contributed by atoms with Crippen LogP contribution in [0, 0.1) is 0 Å². The van der Waals surface area contributed by atoms with E-state index in [9.17, 15) is 14.4 Å². The third-order valence-electron chi connectivity index (χ3n) is 2.56. The van der Waals surface area contributed by atoms with Gasteiger partial charge in [0.2, 0.25) is 5.91 Å². The van der Waals surface area contributed by atoms with Crippen molar-refractivity contribution < 1.29 is 19.5 Å². The van der Waals surface area contributed by atoms with Crippen LogP contribution in [-0.4, -0.2) is 41.6 Å². The Kier molecular flexibility index (Phi) is 5.43. The molecule has 98 valence electrons. The first-order valence-corrected chi connectivity index (χ1v) is 5.30. The van der Waals surface area contributed by atoms with Crippen LogP contribution in [0.2, 0.25) is 0 Å². The average molecular weight is 245 g/mol. The number of hydrogen-bond donors (Lipinski definition) is 4. The van der Waals surface area contributed by atoms with Gasteiger partial charge in [-0.25, -0.2) is 9.59 Å². The van der Waals surface area contributed by atoms with E-state index in [1.54, 1.807) is 6.92 Å². The minimum Gasteiger partial charge on any atom is -0.480 e. The summed E-state index contributed by atoms with van der Waals surface area (Å²) in [6, 6.07) is -1.41. The van der Waals surface area contributed by atoms with Gasteiger partial charge >= 0.3 is 12.0 Å². The average Bonchev–Trinajstić information content (AvgIpc) is 2.26. The third kappa shape index (κ3) is 4.29. The number of amides is 3. The molecule has 3 amide bonds. The normalized spacial score (nSPS) is 15.3. The molecule has 2 atom stereocenters. The van der Waals surface area contributed by atoms with Crippen LogP contribution in [0.25, 0.3) is 0 Å². The smallest absolute Gasteiger partial charge is 0.329 e. The highest BCUT2D eigenvalue weighted by molar-refractivity contribution is 5.89.